The van der Waals surface area contributed by atoms with Gasteiger partial charge in [0.2, 0.25) is 0 Å². The Morgan fingerprint density at radius 1 is 1.00 bits per heavy atom. The predicted octanol–water partition coefficient (Wildman–Crippen LogP) is 5.77. The maximum absolute atomic E-state index is 2.51. The van der Waals surface area contributed by atoms with Crippen LogP contribution in [0.4, 0.5) is 0 Å². The molecule has 1 aliphatic rings. The molecule has 0 aromatic rings. The van der Waals surface area contributed by atoms with Crippen molar-refractivity contribution in [1.29, 1.82) is 0 Å². The second kappa shape index (κ2) is 6.81. The van der Waals surface area contributed by atoms with Gasteiger partial charge in [-0.2, -0.15) is 0 Å². The van der Waals surface area contributed by atoms with Gasteiger partial charge in [-0.3, -0.25) is 0 Å². The summed E-state index contributed by atoms with van der Waals surface area (Å²) >= 11 is 0. The minimum absolute atomic E-state index is 0.899. The van der Waals surface area contributed by atoms with E-state index in [-0.39, 0.29) is 0 Å². The van der Waals surface area contributed by atoms with Crippen molar-refractivity contribution in [2.45, 2.75) is 73.6 Å². The fourth-order valence-electron chi connectivity index (χ4n) is 3.94. The highest BCUT2D eigenvalue weighted by Crippen LogP contribution is 2.44. The third kappa shape index (κ3) is 4.00. The SMILES string of the molecule is CCC1CC(C)C(C(C)CC(C)C(C)CC)C1. The van der Waals surface area contributed by atoms with E-state index in [1.165, 1.54) is 32.1 Å². The van der Waals surface area contributed by atoms with Gasteiger partial charge in [-0.15, -0.1) is 0 Å². The van der Waals surface area contributed by atoms with Gasteiger partial charge in [-0.25, -0.2) is 0 Å². The molecule has 1 aliphatic carbocycles. The molecule has 1 rings (SSSR count). The van der Waals surface area contributed by atoms with E-state index in [1.54, 1.807) is 0 Å². The van der Waals surface area contributed by atoms with E-state index in [9.17, 15) is 0 Å². The van der Waals surface area contributed by atoms with Crippen molar-refractivity contribution in [3.05, 3.63) is 0 Å². The molecule has 0 aromatic carbocycles. The molecular weight excluding hydrogens is 204 g/mol. The lowest BCUT2D eigenvalue weighted by Gasteiger charge is -2.28. The molecule has 0 heterocycles. The zero-order valence-corrected chi connectivity index (χ0v) is 13.0. The largest absolute Gasteiger partial charge is 0.0651 e. The summed E-state index contributed by atoms with van der Waals surface area (Å²) in [5, 5.41) is 0. The molecule has 0 radical (unpaired) electrons. The van der Waals surface area contributed by atoms with E-state index >= 15 is 0 Å². The maximum atomic E-state index is 2.51. The van der Waals surface area contributed by atoms with Crippen molar-refractivity contribution >= 4 is 0 Å². The summed E-state index contributed by atoms with van der Waals surface area (Å²) in [6, 6.07) is 0. The molecule has 102 valence electrons. The Morgan fingerprint density at radius 3 is 2.12 bits per heavy atom. The van der Waals surface area contributed by atoms with Gasteiger partial charge in [-0.05, 0) is 54.8 Å². The first-order chi connectivity index (χ1) is 7.99. The highest BCUT2D eigenvalue weighted by atomic mass is 14.4. The Bertz CT molecular complexity index is 208. The summed E-state index contributed by atoms with van der Waals surface area (Å²) in [5.41, 5.74) is 0. The van der Waals surface area contributed by atoms with Crippen molar-refractivity contribution in [3.8, 4) is 0 Å². The van der Waals surface area contributed by atoms with Crippen LogP contribution in [0.15, 0.2) is 0 Å². The Balaban J connectivity index is 2.44. The van der Waals surface area contributed by atoms with E-state index in [0.29, 0.717) is 0 Å². The molecule has 6 unspecified atom stereocenters. The van der Waals surface area contributed by atoms with Gasteiger partial charge in [-0.1, -0.05) is 54.4 Å². The van der Waals surface area contributed by atoms with Gasteiger partial charge < -0.3 is 0 Å². The van der Waals surface area contributed by atoms with E-state index < -0.39 is 0 Å². The van der Waals surface area contributed by atoms with Gasteiger partial charge in [0, 0.05) is 0 Å². The fraction of sp³-hybridized carbons (Fsp3) is 1.00. The van der Waals surface area contributed by atoms with Crippen molar-refractivity contribution in [1.82, 2.24) is 0 Å². The van der Waals surface area contributed by atoms with Crippen LogP contribution < -0.4 is 0 Å². The second-order valence-electron chi connectivity index (χ2n) is 6.96. The summed E-state index contributed by atoms with van der Waals surface area (Å²) in [6.07, 6.45) is 7.18. The molecule has 0 heteroatoms. The maximum Gasteiger partial charge on any atom is -0.0360 e. The molecule has 1 fully saturated rings. The van der Waals surface area contributed by atoms with E-state index in [1.807, 2.05) is 0 Å². The lowest BCUT2D eigenvalue weighted by Crippen LogP contribution is -2.19. The molecule has 0 saturated heterocycles. The van der Waals surface area contributed by atoms with Crippen molar-refractivity contribution in [3.63, 3.8) is 0 Å². The van der Waals surface area contributed by atoms with E-state index in [2.05, 4.69) is 41.5 Å². The second-order valence-corrected chi connectivity index (χ2v) is 6.96. The van der Waals surface area contributed by atoms with Crippen LogP contribution >= 0.6 is 0 Å². The monoisotopic (exact) mass is 238 g/mol. The molecule has 0 aliphatic heterocycles. The minimum Gasteiger partial charge on any atom is -0.0651 e. The highest BCUT2D eigenvalue weighted by Gasteiger charge is 2.34. The summed E-state index contributed by atoms with van der Waals surface area (Å²) < 4.78 is 0. The Kier molecular flexibility index (Phi) is 6.03. The Hall–Kier alpha value is 0. The van der Waals surface area contributed by atoms with E-state index in [0.717, 1.165) is 35.5 Å². The third-order valence-electron chi connectivity index (χ3n) is 5.71. The smallest absolute Gasteiger partial charge is 0.0360 e. The molecule has 17 heavy (non-hydrogen) atoms. The van der Waals surface area contributed by atoms with Gasteiger partial charge in [0.05, 0.1) is 0 Å². The third-order valence-corrected chi connectivity index (χ3v) is 5.71. The Labute approximate surface area is 110 Å². The molecule has 6 atom stereocenters. The average Bonchev–Trinajstić information content (AvgIpc) is 2.69. The number of hydrogen-bond acceptors (Lipinski definition) is 0. The molecule has 0 bridgehead atoms. The molecular formula is C17H34. The van der Waals surface area contributed by atoms with Crippen LogP contribution in [-0.2, 0) is 0 Å². The molecule has 0 spiro atoms. The first-order valence-electron chi connectivity index (χ1n) is 7.99. The van der Waals surface area contributed by atoms with Gasteiger partial charge in [0.15, 0.2) is 0 Å². The van der Waals surface area contributed by atoms with Gasteiger partial charge in [0.1, 0.15) is 0 Å². The van der Waals surface area contributed by atoms with Crippen LogP contribution in [0.3, 0.4) is 0 Å². The van der Waals surface area contributed by atoms with Gasteiger partial charge >= 0.3 is 0 Å². The molecule has 0 N–H and O–H groups in total. The normalized spacial score (nSPS) is 34.6. The lowest BCUT2D eigenvalue weighted by atomic mass is 9.77. The lowest BCUT2D eigenvalue weighted by molar-refractivity contribution is 0.217. The number of rotatable bonds is 6. The summed E-state index contributed by atoms with van der Waals surface area (Å²) in [5.74, 6) is 5.74. The molecule has 0 aromatic heterocycles. The summed E-state index contributed by atoms with van der Waals surface area (Å²) in [6.45, 7) is 14.6. The molecule has 0 amide bonds. The first kappa shape index (κ1) is 15.1. The van der Waals surface area contributed by atoms with Crippen LogP contribution in [0, 0.1) is 35.5 Å². The zero-order chi connectivity index (χ0) is 13.0. The van der Waals surface area contributed by atoms with Crippen LogP contribution in [0.25, 0.3) is 0 Å². The molecule has 1 saturated carbocycles. The van der Waals surface area contributed by atoms with Crippen LogP contribution in [0.5, 0.6) is 0 Å². The Morgan fingerprint density at radius 2 is 1.65 bits per heavy atom. The highest BCUT2D eigenvalue weighted by molar-refractivity contribution is 4.84. The standard InChI is InChI=1S/C17H34/c1-7-12(3)13(4)9-14(5)17-11-16(8-2)10-15(17)6/h12-17H,7-11H2,1-6H3. The average molecular weight is 238 g/mol. The summed E-state index contributed by atoms with van der Waals surface area (Å²) in [4.78, 5) is 0. The van der Waals surface area contributed by atoms with Crippen molar-refractivity contribution < 1.29 is 0 Å². The zero-order valence-electron chi connectivity index (χ0n) is 13.0. The fourth-order valence-corrected chi connectivity index (χ4v) is 3.94. The van der Waals surface area contributed by atoms with Crippen LogP contribution in [0.2, 0.25) is 0 Å². The van der Waals surface area contributed by atoms with Gasteiger partial charge in [0.25, 0.3) is 0 Å². The number of hydrogen-bond donors (Lipinski definition) is 0. The quantitative estimate of drug-likeness (QED) is 0.551. The topological polar surface area (TPSA) is 0 Å². The predicted molar refractivity (Wildman–Crippen MR) is 78.1 cm³/mol. The summed E-state index contributed by atoms with van der Waals surface area (Å²) in [7, 11) is 0. The van der Waals surface area contributed by atoms with Crippen molar-refractivity contribution in [2.24, 2.45) is 35.5 Å². The molecule has 0 nitrogen and oxygen atoms in total. The van der Waals surface area contributed by atoms with Crippen molar-refractivity contribution in [2.75, 3.05) is 0 Å². The van der Waals surface area contributed by atoms with Crippen LogP contribution in [0.1, 0.15) is 73.6 Å². The van der Waals surface area contributed by atoms with E-state index in [4.69, 9.17) is 0 Å². The minimum atomic E-state index is 0.899. The van der Waals surface area contributed by atoms with Crippen LogP contribution in [-0.4, -0.2) is 0 Å². The first-order valence-corrected chi connectivity index (χ1v) is 7.99.